The van der Waals surface area contributed by atoms with E-state index in [2.05, 4.69) is 36.6 Å². The van der Waals surface area contributed by atoms with E-state index in [0.29, 0.717) is 30.4 Å². The van der Waals surface area contributed by atoms with Crippen LogP contribution in [-0.2, 0) is 41.6 Å². The van der Waals surface area contributed by atoms with Gasteiger partial charge in [-0.15, -0.1) is 0 Å². The minimum Gasteiger partial charge on any atom is -0.508 e. The van der Waals surface area contributed by atoms with Crippen LogP contribution in [-0.4, -0.2) is 107 Å². The van der Waals surface area contributed by atoms with Crippen molar-refractivity contribution in [3.8, 4) is 5.75 Å². The van der Waals surface area contributed by atoms with Gasteiger partial charge in [-0.2, -0.15) is 0 Å². The zero-order valence-electron chi connectivity index (χ0n) is 36.0. The van der Waals surface area contributed by atoms with Crippen molar-refractivity contribution in [2.45, 2.75) is 115 Å². The van der Waals surface area contributed by atoms with Gasteiger partial charge in [-0.05, 0) is 60.8 Å². The molecule has 0 bridgehead atoms. The maximum Gasteiger partial charge on any atom is 0.326 e. The summed E-state index contributed by atoms with van der Waals surface area (Å²) in [6.45, 7) is 7.37. The smallest absolute Gasteiger partial charge is 0.326 e. The topological polar surface area (TPSA) is 358 Å². The highest BCUT2D eigenvalue weighted by atomic mass is 16.4. The molecule has 8 atom stereocenters. The Kier molecular flexibility index (Phi) is 22.3. The number of nitrogens with one attached hydrogen (secondary N) is 5. The van der Waals surface area contributed by atoms with Crippen LogP contribution in [0.1, 0.15) is 77.3 Å². The molecule has 5 amide bonds. The van der Waals surface area contributed by atoms with E-state index in [9.17, 15) is 39.0 Å². The summed E-state index contributed by atoms with van der Waals surface area (Å²) in [4.78, 5) is 89.5. The third-order valence-electron chi connectivity index (χ3n) is 10.4. The number of hydrogen-bond donors (Lipinski definition) is 12. The van der Waals surface area contributed by atoms with Gasteiger partial charge in [0.1, 0.15) is 36.0 Å². The van der Waals surface area contributed by atoms with Crippen LogP contribution in [0.25, 0.3) is 0 Å². The van der Waals surface area contributed by atoms with E-state index in [1.165, 1.54) is 12.1 Å². The summed E-state index contributed by atoms with van der Waals surface area (Å²) in [7, 11) is 0. The van der Waals surface area contributed by atoms with Crippen LogP contribution in [0.3, 0.4) is 0 Å². The number of carbonyl (C=O) groups excluding carboxylic acids is 5. The lowest BCUT2D eigenvalue weighted by Gasteiger charge is -2.30. The van der Waals surface area contributed by atoms with Crippen molar-refractivity contribution in [1.29, 1.82) is 0 Å². The van der Waals surface area contributed by atoms with Crippen molar-refractivity contribution < 1.29 is 39.0 Å². The number of rotatable bonds is 27. The second-order valence-corrected chi connectivity index (χ2v) is 15.3. The van der Waals surface area contributed by atoms with Crippen molar-refractivity contribution >= 4 is 47.4 Å². The fourth-order valence-corrected chi connectivity index (χ4v) is 6.26. The Labute approximate surface area is 362 Å². The van der Waals surface area contributed by atoms with Crippen molar-refractivity contribution in [3.63, 3.8) is 0 Å². The summed E-state index contributed by atoms with van der Waals surface area (Å²) in [5.74, 6) is -6.00. The van der Waals surface area contributed by atoms with Gasteiger partial charge in [0.15, 0.2) is 11.9 Å². The molecule has 0 aliphatic carbocycles. The number of nitrogens with zero attached hydrogens (tertiary/aromatic N) is 2. The molecule has 17 N–H and O–H groups in total. The van der Waals surface area contributed by atoms with Gasteiger partial charge in [-0.25, -0.2) is 4.79 Å². The van der Waals surface area contributed by atoms with Crippen LogP contribution < -0.4 is 55.3 Å². The van der Waals surface area contributed by atoms with Gasteiger partial charge in [0.2, 0.25) is 29.5 Å². The monoisotopic (exact) mass is 867 g/mol. The molecule has 0 unspecified atom stereocenters. The van der Waals surface area contributed by atoms with E-state index < -0.39 is 83.6 Å². The lowest BCUT2D eigenvalue weighted by Crippen LogP contribution is -2.61. The minimum atomic E-state index is -1.28. The molecule has 0 aliphatic rings. The molecule has 2 aromatic rings. The van der Waals surface area contributed by atoms with Crippen LogP contribution in [0.2, 0.25) is 0 Å². The summed E-state index contributed by atoms with van der Waals surface area (Å²) in [6, 6.07) is 7.61. The Morgan fingerprint density at radius 3 is 1.53 bits per heavy atom. The standard InChI is InChI=1S/C42H66N12O8/c1-5-24(3)33(39(60)52-32(22-26-12-8-7-9-13-26)38(59)54-34(40(61)62)25(4)6-2)53-36(57)30(15-11-21-49-42(46)47)50-37(58)31(23-27-16-18-28(55)19-17-27)51-35(56)29(43)14-10-20-48-41(44)45/h7-9,12-13,16-19,24-25,29-34,55H,5-6,10-11,14-15,20-23,43H2,1-4H3,(H,50,58)(H,51,56)(H,52,60)(H,53,57)(H,54,59)(H,61,62)(H4,44,45,48)(H4,46,47,49)/t24-,25-,29-,30-,31-,32-,33-,34-/m0/s1. The molecular weight excluding hydrogens is 801 g/mol. The molecule has 0 saturated carbocycles. The molecule has 0 spiro atoms. The molecule has 0 saturated heterocycles. The Morgan fingerprint density at radius 2 is 1.02 bits per heavy atom. The molecule has 20 nitrogen and oxygen atoms in total. The van der Waals surface area contributed by atoms with Crippen LogP contribution in [0.15, 0.2) is 64.6 Å². The first-order valence-electron chi connectivity index (χ1n) is 20.8. The Balaban J connectivity index is 2.44. The van der Waals surface area contributed by atoms with Gasteiger partial charge >= 0.3 is 5.97 Å². The number of aromatic hydroxyl groups is 1. The third kappa shape index (κ3) is 18.4. The van der Waals surface area contributed by atoms with Crippen molar-refractivity contribution in [1.82, 2.24) is 26.6 Å². The van der Waals surface area contributed by atoms with Gasteiger partial charge in [0.25, 0.3) is 0 Å². The predicted molar refractivity (Wildman–Crippen MR) is 236 cm³/mol. The van der Waals surface area contributed by atoms with Gasteiger partial charge < -0.3 is 65.5 Å². The number of carbonyl (C=O) groups is 6. The Hall–Kier alpha value is -6.44. The van der Waals surface area contributed by atoms with Crippen LogP contribution in [0, 0.1) is 11.8 Å². The average Bonchev–Trinajstić information content (AvgIpc) is 3.23. The molecule has 0 heterocycles. The lowest BCUT2D eigenvalue weighted by atomic mass is 9.95. The second-order valence-electron chi connectivity index (χ2n) is 15.3. The summed E-state index contributed by atoms with van der Waals surface area (Å²) < 4.78 is 0. The van der Waals surface area contributed by atoms with Gasteiger partial charge in [0.05, 0.1) is 6.04 Å². The highest BCUT2D eigenvalue weighted by molar-refractivity contribution is 5.96. The van der Waals surface area contributed by atoms with Crippen molar-refractivity contribution in [3.05, 3.63) is 65.7 Å². The van der Waals surface area contributed by atoms with Crippen LogP contribution in [0.4, 0.5) is 0 Å². The zero-order chi connectivity index (χ0) is 46.4. The molecule has 62 heavy (non-hydrogen) atoms. The average molecular weight is 867 g/mol. The first-order valence-corrected chi connectivity index (χ1v) is 20.8. The number of guanidine groups is 2. The fraction of sp³-hybridized carbons (Fsp3) is 0.524. The molecule has 0 radical (unpaired) electrons. The van der Waals surface area contributed by atoms with E-state index in [1.54, 1.807) is 63.2 Å². The highest BCUT2D eigenvalue weighted by Crippen LogP contribution is 2.15. The number of aliphatic imine (C=N–C) groups is 2. The first-order chi connectivity index (χ1) is 29.4. The number of phenolic OH excluding ortho intramolecular Hbond substituents is 1. The predicted octanol–water partition coefficient (Wildman–Crippen LogP) is -0.787. The van der Waals surface area contributed by atoms with E-state index in [4.69, 9.17) is 28.7 Å². The number of hydrogen-bond acceptors (Lipinski definition) is 10. The molecule has 2 rings (SSSR count). The van der Waals surface area contributed by atoms with E-state index in [-0.39, 0.29) is 62.9 Å². The Bertz CT molecular complexity index is 1820. The summed E-state index contributed by atoms with van der Waals surface area (Å²) in [6.07, 6.45) is 1.63. The van der Waals surface area contributed by atoms with Crippen LogP contribution in [0.5, 0.6) is 5.75 Å². The summed E-state index contributed by atoms with van der Waals surface area (Å²) >= 11 is 0. The van der Waals surface area contributed by atoms with E-state index >= 15 is 0 Å². The van der Waals surface area contributed by atoms with E-state index in [0.717, 1.165) is 0 Å². The molecule has 20 heteroatoms. The normalized spacial score (nSPS) is 14.8. The zero-order valence-corrected chi connectivity index (χ0v) is 36.0. The molecule has 0 fully saturated rings. The molecule has 342 valence electrons. The van der Waals surface area contributed by atoms with Gasteiger partial charge in [0, 0.05) is 25.9 Å². The second kappa shape index (κ2) is 26.7. The minimum absolute atomic E-state index is 0.00138. The van der Waals surface area contributed by atoms with Gasteiger partial charge in [-0.1, -0.05) is 83.0 Å². The molecule has 0 aromatic heterocycles. The number of carboxylic acid groups (broad SMARTS) is 1. The fourth-order valence-electron chi connectivity index (χ4n) is 6.26. The quantitative estimate of drug-likeness (QED) is 0.0298. The number of benzene rings is 2. The third-order valence-corrected chi connectivity index (χ3v) is 10.4. The number of carboxylic acids is 1. The maximum absolute atomic E-state index is 14.2. The number of aliphatic carboxylic acids is 1. The van der Waals surface area contributed by atoms with E-state index in [1.807, 2.05) is 6.92 Å². The highest BCUT2D eigenvalue weighted by Gasteiger charge is 2.35. The molecule has 0 aliphatic heterocycles. The largest absolute Gasteiger partial charge is 0.508 e. The SMILES string of the molecule is CC[C@H](C)[C@H](NC(=O)[C@H](Cc1ccccc1)NC(=O)[C@@H](NC(=O)[C@H](CCCN=C(N)N)NC(=O)[C@H](Cc1ccc(O)cc1)NC(=O)[C@@H](N)CCCN=C(N)N)[C@@H](C)CC)C(=O)O. The number of amides is 5. The number of phenols is 1. The maximum atomic E-state index is 14.2. The van der Waals surface area contributed by atoms with Gasteiger partial charge in [-0.3, -0.25) is 34.0 Å². The van der Waals surface area contributed by atoms with Crippen molar-refractivity contribution in [2.24, 2.45) is 50.5 Å². The summed E-state index contributed by atoms with van der Waals surface area (Å²) in [5.41, 5.74) is 29.2. The molecule has 2 aromatic carbocycles. The molecular formula is C42H66N12O8. The van der Waals surface area contributed by atoms with Crippen molar-refractivity contribution in [2.75, 3.05) is 13.1 Å². The first kappa shape index (κ1) is 51.7. The lowest BCUT2D eigenvalue weighted by molar-refractivity contribution is -0.144. The van der Waals surface area contributed by atoms with Crippen LogP contribution >= 0.6 is 0 Å². The number of nitrogens with two attached hydrogens (primary N) is 5. The summed E-state index contributed by atoms with van der Waals surface area (Å²) in [5, 5.41) is 33.2. The Morgan fingerprint density at radius 1 is 0.581 bits per heavy atom.